The molecule has 1 saturated heterocycles. The molecule has 98 valence electrons. The van der Waals surface area contributed by atoms with Crippen LogP contribution < -0.4 is 10.5 Å². The van der Waals surface area contributed by atoms with Crippen molar-refractivity contribution in [3.05, 3.63) is 29.8 Å². The quantitative estimate of drug-likeness (QED) is 0.882. The Morgan fingerprint density at radius 1 is 1.28 bits per heavy atom. The minimum atomic E-state index is -0.374. The van der Waals surface area contributed by atoms with Crippen LogP contribution in [0.2, 0.25) is 0 Å². The van der Waals surface area contributed by atoms with E-state index in [0.29, 0.717) is 0 Å². The van der Waals surface area contributed by atoms with Crippen LogP contribution in [-0.2, 0) is 4.79 Å². The van der Waals surface area contributed by atoms with Gasteiger partial charge in [-0.25, -0.2) is 0 Å². The van der Waals surface area contributed by atoms with Crippen molar-refractivity contribution in [3.63, 3.8) is 0 Å². The van der Waals surface area contributed by atoms with E-state index in [9.17, 15) is 4.79 Å². The summed E-state index contributed by atoms with van der Waals surface area (Å²) in [6.45, 7) is 1.84. The molecule has 0 aromatic heterocycles. The molecule has 1 aromatic carbocycles. The third-order valence-corrected chi connectivity index (χ3v) is 3.46. The molecule has 2 rings (SSSR count). The maximum Gasteiger partial charge on any atom is 0.239 e. The summed E-state index contributed by atoms with van der Waals surface area (Å²) in [5.74, 6) is 0.424. The van der Waals surface area contributed by atoms with Gasteiger partial charge in [-0.3, -0.25) is 9.69 Å². The zero-order valence-electron chi connectivity index (χ0n) is 10.8. The van der Waals surface area contributed by atoms with Gasteiger partial charge in [-0.2, -0.15) is 0 Å². The third-order valence-electron chi connectivity index (χ3n) is 3.46. The van der Waals surface area contributed by atoms with Crippen molar-refractivity contribution in [3.8, 4) is 5.75 Å². The molecule has 1 unspecified atom stereocenters. The fraction of sp³-hybridized carbons (Fsp3) is 0.500. The van der Waals surface area contributed by atoms with E-state index >= 15 is 0 Å². The molecule has 1 aliphatic rings. The van der Waals surface area contributed by atoms with Gasteiger partial charge in [-0.15, -0.1) is 0 Å². The average Bonchev–Trinajstić information content (AvgIpc) is 2.40. The van der Waals surface area contributed by atoms with Crippen LogP contribution in [0, 0.1) is 0 Å². The first-order valence-corrected chi connectivity index (χ1v) is 6.40. The molecule has 0 bridgehead atoms. The Morgan fingerprint density at radius 2 is 1.94 bits per heavy atom. The van der Waals surface area contributed by atoms with Gasteiger partial charge >= 0.3 is 0 Å². The van der Waals surface area contributed by atoms with Crippen molar-refractivity contribution in [1.29, 1.82) is 0 Å². The number of methoxy groups -OCH3 is 1. The number of para-hydroxylation sites is 1. The molecule has 1 heterocycles. The lowest BCUT2D eigenvalue weighted by Crippen LogP contribution is -2.40. The summed E-state index contributed by atoms with van der Waals surface area (Å²) in [6.07, 6.45) is 3.48. The summed E-state index contributed by atoms with van der Waals surface area (Å²) in [5.41, 5.74) is 6.46. The van der Waals surface area contributed by atoms with Crippen LogP contribution in [0.5, 0.6) is 5.75 Å². The molecule has 1 amide bonds. The van der Waals surface area contributed by atoms with E-state index in [1.54, 1.807) is 7.11 Å². The number of ether oxygens (including phenoxy) is 1. The number of hydrogen-bond acceptors (Lipinski definition) is 3. The maximum atomic E-state index is 11.8. The number of primary amides is 1. The zero-order valence-corrected chi connectivity index (χ0v) is 10.8. The number of nitrogens with two attached hydrogens (primary N) is 1. The number of amides is 1. The largest absolute Gasteiger partial charge is 0.496 e. The number of rotatable bonds is 4. The molecular formula is C14H20N2O2. The van der Waals surface area contributed by atoms with Crippen LogP contribution in [-0.4, -0.2) is 31.0 Å². The second-order valence-electron chi connectivity index (χ2n) is 4.64. The van der Waals surface area contributed by atoms with Gasteiger partial charge in [-0.05, 0) is 32.0 Å². The minimum absolute atomic E-state index is 0.304. The van der Waals surface area contributed by atoms with Gasteiger partial charge < -0.3 is 10.5 Å². The lowest BCUT2D eigenvalue weighted by atomic mass is 10.0. The topological polar surface area (TPSA) is 55.6 Å². The molecule has 1 aromatic rings. The molecular weight excluding hydrogens is 228 g/mol. The van der Waals surface area contributed by atoms with E-state index in [-0.39, 0.29) is 11.9 Å². The minimum Gasteiger partial charge on any atom is -0.496 e. The van der Waals surface area contributed by atoms with Crippen molar-refractivity contribution in [2.75, 3.05) is 20.2 Å². The molecule has 0 saturated carbocycles. The number of hydrogen-bond donors (Lipinski definition) is 1. The average molecular weight is 248 g/mol. The Morgan fingerprint density at radius 3 is 2.56 bits per heavy atom. The van der Waals surface area contributed by atoms with E-state index in [1.807, 2.05) is 24.3 Å². The van der Waals surface area contributed by atoms with Gasteiger partial charge in [0.25, 0.3) is 0 Å². The number of piperidine rings is 1. The Kier molecular flexibility index (Phi) is 4.20. The van der Waals surface area contributed by atoms with Crippen molar-refractivity contribution in [2.24, 2.45) is 5.73 Å². The first-order valence-electron chi connectivity index (χ1n) is 6.40. The molecule has 0 aliphatic carbocycles. The summed E-state index contributed by atoms with van der Waals surface area (Å²) in [4.78, 5) is 13.9. The standard InChI is InChI=1S/C14H20N2O2/c1-18-12-8-4-3-7-11(12)13(14(15)17)16-9-5-2-6-10-16/h3-4,7-8,13H,2,5-6,9-10H2,1H3,(H2,15,17). The van der Waals surface area contributed by atoms with Crippen LogP contribution >= 0.6 is 0 Å². The van der Waals surface area contributed by atoms with Gasteiger partial charge in [0.15, 0.2) is 0 Å². The van der Waals surface area contributed by atoms with E-state index < -0.39 is 0 Å². The van der Waals surface area contributed by atoms with Crippen LogP contribution in [0.1, 0.15) is 30.9 Å². The molecule has 4 heteroatoms. The Hall–Kier alpha value is -1.55. The predicted molar refractivity (Wildman–Crippen MR) is 70.4 cm³/mol. The van der Waals surface area contributed by atoms with E-state index in [1.165, 1.54) is 6.42 Å². The molecule has 2 N–H and O–H groups in total. The Labute approximate surface area is 108 Å². The second-order valence-corrected chi connectivity index (χ2v) is 4.64. The summed E-state index contributed by atoms with van der Waals surface area (Å²) in [5, 5.41) is 0. The van der Waals surface area contributed by atoms with Gasteiger partial charge in [-0.1, -0.05) is 24.6 Å². The first-order chi connectivity index (χ1) is 8.74. The van der Waals surface area contributed by atoms with Gasteiger partial charge in [0.1, 0.15) is 11.8 Å². The molecule has 0 spiro atoms. The summed E-state index contributed by atoms with van der Waals surface area (Å²) in [7, 11) is 1.62. The molecule has 18 heavy (non-hydrogen) atoms. The lowest BCUT2D eigenvalue weighted by Gasteiger charge is -2.33. The number of carbonyl (C=O) groups is 1. The van der Waals surface area contributed by atoms with E-state index in [0.717, 1.165) is 37.2 Å². The normalized spacial score (nSPS) is 18.3. The van der Waals surface area contributed by atoms with Gasteiger partial charge in [0, 0.05) is 5.56 Å². The zero-order chi connectivity index (χ0) is 13.0. The van der Waals surface area contributed by atoms with Crippen molar-refractivity contribution >= 4 is 5.91 Å². The third kappa shape index (κ3) is 2.64. The number of nitrogens with zero attached hydrogens (tertiary/aromatic N) is 1. The SMILES string of the molecule is COc1ccccc1C(C(N)=O)N1CCCCC1. The molecule has 1 atom stereocenters. The summed E-state index contributed by atoms with van der Waals surface area (Å²) in [6, 6.07) is 7.23. The fourth-order valence-electron chi connectivity index (χ4n) is 2.60. The van der Waals surface area contributed by atoms with Gasteiger partial charge in [0.2, 0.25) is 5.91 Å². The van der Waals surface area contributed by atoms with Crippen LogP contribution in [0.25, 0.3) is 0 Å². The molecule has 1 aliphatic heterocycles. The van der Waals surface area contributed by atoms with Crippen LogP contribution in [0.3, 0.4) is 0 Å². The predicted octanol–water partition coefficient (Wildman–Crippen LogP) is 1.71. The highest BCUT2D eigenvalue weighted by Gasteiger charge is 2.28. The number of likely N-dealkylation sites (tertiary alicyclic amines) is 1. The van der Waals surface area contributed by atoms with Gasteiger partial charge in [0.05, 0.1) is 7.11 Å². The lowest BCUT2D eigenvalue weighted by molar-refractivity contribution is -0.123. The van der Waals surface area contributed by atoms with Crippen molar-refractivity contribution in [2.45, 2.75) is 25.3 Å². The Balaban J connectivity index is 2.31. The summed E-state index contributed by atoms with van der Waals surface area (Å²) >= 11 is 0. The molecule has 4 nitrogen and oxygen atoms in total. The van der Waals surface area contributed by atoms with Crippen molar-refractivity contribution < 1.29 is 9.53 Å². The smallest absolute Gasteiger partial charge is 0.239 e. The highest BCUT2D eigenvalue weighted by molar-refractivity contribution is 5.82. The monoisotopic (exact) mass is 248 g/mol. The number of carbonyl (C=O) groups excluding carboxylic acids is 1. The molecule has 0 radical (unpaired) electrons. The Bertz CT molecular complexity index is 414. The maximum absolute atomic E-state index is 11.8. The number of benzene rings is 1. The summed E-state index contributed by atoms with van der Waals surface area (Å²) < 4.78 is 5.33. The van der Waals surface area contributed by atoms with Crippen LogP contribution in [0.4, 0.5) is 0 Å². The highest BCUT2D eigenvalue weighted by atomic mass is 16.5. The fourth-order valence-corrected chi connectivity index (χ4v) is 2.60. The van der Waals surface area contributed by atoms with Crippen molar-refractivity contribution in [1.82, 2.24) is 4.90 Å². The first kappa shape index (κ1) is 12.9. The second kappa shape index (κ2) is 5.87. The van der Waals surface area contributed by atoms with Crippen LogP contribution in [0.15, 0.2) is 24.3 Å². The highest BCUT2D eigenvalue weighted by Crippen LogP contribution is 2.30. The van der Waals surface area contributed by atoms with E-state index in [4.69, 9.17) is 10.5 Å². The van der Waals surface area contributed by atoms with E-state index in [2.05, 4.69) is 4.90 Å². The molecule has 1 fully saturated rings.